The standard InChI is InChI=1S/C27H40O7/c1-5-6-7-8-9-10-11-12-13-14-17(28)32-21-20-18(16(2)3)19(24(29)33-20)27(30)23-22(34-23)26(15-31-26)25(21,27)4/h18-23,30H,2,5-15H2,1,3-4H3/t18-,19+,20+,21+,22+,23-,25-,26+,27-/m0/s1. The minimum Gasteiger partial charge on any atom is -0.458 e. The predicted molar refractivity (Wildman–Crippen MR) is 124 cm³/mol. The maximum atomic E-state index is 13.0. The SMILES string of the molecule is C=C(C)[C@@H]1[C@H]2OC(=O)[C@@H]1[C@]1(O)[C@H]3O[C@H]3[C@]3(CO3)[C@]1(C)[C@@H]2OC(=O)CCCCCCCCCCC. The van der Waals surface area contributed by atoms with E-state index in [4.69, 9.17) is 18.9 Å². The van der Waals surface area contributed by atoms with Gasteiger partial charge in [0.25, 0.3) is 0 Å². The number of ether oxygens (including phenoxy) is 4. The molecule has 9 atom stereocenters. The van der Waals surface area contributed by atoms with Crippen LogP contribution in [0.15, 0.2) is 12.2 Å². The van der Waals surface area contributed by atoms with E-state index in [2.05, 4.69) is 13.5 Å². The van der Waals surface area contributed by atoms with Gasteiger partial charge < -0.3 is 24.1 Å². The number of unbranched alkanes of at least 4 members (excludes halogenated alkanes) is 8. The van der Waals surface area contributed by atoms with Crippen LogP contribution in [0.4, 0.5) is 0 Å². The van der Waals surface area contributed by atoms with Crippen LogP contribution < -0.4 is 0 Å². The van der Waals surface area contributed by atoms with E-state index in [1.165, 1.54) is 38.5 Å². The molecule has 7 heteroatoms. The summed E-state index contributed by atoms with van der Waals surface area (Å²) < 4.78 is 23.6. The third-order valence-corrected chi connectivity index (χ3v) is 9.42. The van der Waals surface area contributed by atoms with Crippen LogP contribution in [-0.2, 0) is 28.5 Å². The van der Waals surface area contributed by atoms with E-state index in [0.717, 1.165) is 24.8 Å². The molecule has 5 fully saturated rings. The summed E-state index contributed by atoms with van der Waals surface area (Å²) >= 11 is 0. The summed E-state index contributed by atoms with van der Waals surface area (Å²) in [4.78, 5) is 26.0. The summed E-state index contributed by atoms with van der Waals surface area (Å²) in [5.74, 6) is -1.98. The molecule has 0 unspecified atom stereocenters. The van der Waals surface area contributed by atoms with Gasteiger partial charge in [-0.1, -0.05) is 70.4 Å². The van der Waals surface area contributed by atoms with Gasteiger partial charge >= 0.3 is 11.9 Å². The van der Waals surface area contributed by atoms with Gasteiger partial charge in [0, 0.05) is 12.3 Å². The first-order valence-electron chi connectivity index (χ1n) is 13.3. The maximum absolute atomic E-state index is 13.0. The Labute approximate surface area is 202 Å². The van der Waals surface area contributed by atoms with Crippen molar-refractivity contribution in [1.82, 2.24) is 0 Å². The fraction of sp³-hybridized carbons (Fsp3) is 0.852. The topological polar surface area (TPSA) is 97.9 Å². The lowest BCUT2D eigenvalue weighted by Crippen LogP contribution is -2.71. The van der Waals surface area contributed by atoms with Gasteiger partial charge in [0.2, 0.25) is 0 Å². The highest BCUT2D eigenvalue weighted by atomic mass is 16.7. The predicted octanol–water partition coefficient (Wildman–Crippen LogP) is 3.85. The van der Waals surface area contributed by atoms with Crippen molar-refractivity contribution in [2.24, 2.45) is 17.3 Å². The Morgan fingerprint density at radius 2 is 1.74 bits per heavy atom. The minimum atomic E-state index is -1.52. The van der Waals surface area contributed by atoms with Crippen LogP contribution in [0.25, 0.3) is 0 Å². The highest BCUT2D eigenvalue weighted by molar-refractivity contribution is 5.80. The van der Waals surface area contributed by atoms with E-state index >= 15 is 0 Å². The molecule has 2 saturated carbocycles. The van der Waals surface area contributed by atoms with E-state index in [9.17, 15) is 14.7 Å². The summed E-state index contributed by atoms with van der Waals surface area (Å²) in [6.07, 6.45) is 8.58. The van der Waals surface area contributed by atoms with E-state index < -0.39 is 52.7 Å². The fourth-order valence-electron chi connectivity index (χ4n) is 7.42. The molecule has 0 aromatic heterocycles. The number of esters is 2. The molecule has 0 aromatic rings. The minimum absolute atomic E-state index is 0.279. The average molecular weight is 477 g/mol. The molecule has 0 radical (unpaired) electrons. The summed E-state index contributed by atoms with van der Waals surface area (Å²) in [7, 11) is 0. The second-order valence-electron chi connectivity index (χ2n) is 11.4. The highest BCUT2D eigenvalue weighted by Gasteiger charge is 2.95. The second kappa shape index (κ2) is 8.59. The van der Waals surface area contributed by atoms with Crippen LogP contribution in [0.2, 0.25) is 0 Å². The lowest BCUT2D eigenvalue weighted by Gasteiger charge is -2.54. The first-order valence-corrected chi connectivity index (χ1v) is 13.3. The number of rotatable bonds is 12. The molecule has 7 nitrogen and oxygen atoms in total. The first-order chi connectivity index (χ1) is 16.2. The Kier molecular flexibility index (Phi) is 6.13. The van der Waals surface area contributed by atoms with Crippen molar-refractivity contribution in [1.29, 1.82) is 0 Å². The van der Waals surface area contributed by atoms with Crippen LogP contribution in [0.1, 0.15) is 85.0 Å². The number of epoxide rings is 2. The molecular formula is C27H40O7. The quantitative estimate of drug-likeness (QED) is 0.198. The molecule has 1 N–H and O–H groups in total. The Balaban J connectivity index is 1.25. The second-order valence-corrected chi connectivity index (χ2v) is 11.4. The first kappa shape index (κ1) is 24.3. The molecule has 0 aromatic carbocycles. The third kappa shape index (κ3) is 3.26. The maximum Gasteiger partial charge on any atom is 0.313 e. The summed E-state index contributed by atoms with van der Waals surface area (Å²) in [6, 6.07) is 0. The molecule has 3 aliphatic heterocycles. The monoisotopic (exact) mass is 476 g/mol. The van der Waals surface area contributed by atoms with Gasteiger partial charge in [0.1, 0.15) is 29.5 Å². The van der Waals surface area contributed by atoms with Gasteiger partial charge in [0.15, 0.2) is 6.10 Å². The molecule has 34 heavy (non-hydrogen) atoms. The zero-order valence-corrected chi connectivity index (χ0v) is 20.8. The Morgan fingerprint density at radius 1 is 1.12 bits per heavy atom. The number of aliphatic hydroxyl groups is 1. The van der Waals surface area contributed by atoms with Gasteiger partial charge in [-0.25, -0.2) is 0 Å². The summed E-state index contributed by atoms with van der Waals surface area (Å²) in [5.41, 5.74) is -2.49. The molecule has 5 aliphatic rings. The molecule has 1 spiro atoms. The average Bonchev–Trinajstić information content (AvgIpc) is 3.69. The van der Waals surface area contributed by atoms with Crippen LogP contribution >= 0.6 is 0 Å². The van der Waals surface area contributed by atoms with Crippen LogP contribution in [0, 0.1) is 17.3 Å². The number of hydrogen-bond donors (Lipinski definition) is 1. The zero-order valence-electron chi connectivity index (χ0n) is 20.8. The molecule has 2 bridgehead atoms. The number of carbonyl (C=O) groups is 2. The van der Waals surface area contributed by atoms with Crippen molar-refractivity contribution in [3.8, 4) is 0 Å². The molecule has 2 aliphatic carbocycles. The molecule has 3 heterocycles. The normalized spacial score (nSPS) is 45.0. The van der Waals surface area contributed by atoms with Crippen LogP contribution in [0.3, 0.4) is 0 Å². The fourth-order valence-corrected chi connectivity index (χ4v) is 7.42. The largest absolute Gasteiger partial charge is 0.458 e. The summed E-state index contributed by atoms with van der Waals surface area (Å²) in [5, 5.41) is 12.1. The van der Waals surface area contributed by atoms with Crippen LogP contribution in [-0.4, -0.2) is 59.3 Å². The van der Waals surface area contributed by atoms with Gasteiger partial charge in [-0.2, -0.15) is 0 Å². The Morgan fingerprint density at radius 3 is 2.32 bits per heavy atom. The van der Waals surface area contributed by atoms with Gasteiger partial charge in [0.05, 0.1) is 17.9 Å². The van der Waals surface area contributed by atoms with E-state index in [-0.39, 0.29) is 12.1 Å². The molecule has 5 rings (SSSR count). The van der Waals surface area contributed by atoms with Crippen molar-refractivity contribution in [2.45, 2.75) is 121 Å². The van der Waals surface area contributed by atoms with Gasteiger partial charge in [-0.3, -0.25) is 9.59 Å². The number of fused-ring (bicyclic) bond motifs is 8. The van der Waals surface area contributed by atoms with E-state index in [0.29, 0.717) is 13.0 Å². The third-order valence-electron chi connectivity index (χ3n) is 9.42. The molecular weight excluding hydrogens is 436 g/mol. The lowest BCUT2D eigenvalue weighted by atomic mass is 9.52. The highest BCUT2D eigenvalue weighted by Crippen LogP contribution is 2.76. The lowest BCUT2D eigenvalue weighted by molar-refractivity contribution is -0.242. The smallest absolute Gasteiger partial charge is 0.313 e. The van der Waals surface area contributed by atoms with Crippen molar-refractivity contribution in [3.63, 3.8) is 0 Å². The van der Waals surface area contributed by atoms with Gasteiger partial charge in [-0.05, 0) is 20.3 Å². The summed E-state index contributed by atoms with van der Waals surface area (Å²) in [6.45, 7) is 10.4. The Hall–Kier alpha value is -1.44. The molecule has 0 amide bonds. The van der Waals surface area contributed by atoms with E-state index in [1.54, 1.807) is 0 Å². The number of hydrogen-bond acceptors (Lipinski definition) is 7. The molecule has 3 saturated heterocycles. The van der Waals surface area contributed by atoms with Crippen molar-refractivity contribution < 1.29 is 33.6 Å². The zero-order chi connectivity index (χ0) is 24.3. The van der Waals surface area contributed by atoms with Crippen molar-refractivity contribution in [2.75, 3.05) is 6.61 Å². The Bertz CT molecular complexity index is 850. The van der Waals surface area contributed by atoms with Gasteiger partial charge in [-0.15, -0.1) is 0 Å². The molecule has 190 valence electrons. The van der Waals surface area contributed by atoms with E-state index in [1.807, 2.05) is 13.8 Å². The van der Waals surface area contributed by atoms with Crippen molar-refractivity contribution in [3.05, 3.63) is 12.2 Å². The number of carbonyl (C=O) groups excluding carboxylic acids is 2. The van der Waals surface area contributed by atoms with Crippen LogP contribution in [0.5, 0.6) is 0 Å². The van der Waals surface area contributed by atoms with Crippen molar-refractivity contribution >= 4 is 11.9 Å².